The Morgan fingerprint density at radius 3 is 2.79 bits per heavy atom. The molecule has 0 aliphatic rings. The van der Waals surface area contributed by atoms with Crippen molar-refractivity contribution in [2.45, 2.75) is 27.2 Å². The molecular weight excluding hydrogens is 176 g/mol. The maximum atomic E-state index is 11.4. The second-order valence-corrected chi connectivity index (χ2v) is 3.81. The highest BCUT2D eigenvalue weighted by molar-refractivity contribution is 5.89. The van der Waals surface area contributed by atoms with Crippen LogP contribution in [-0.2, 0) is 4.79 Å². The summed E-state index contributed by atoms with van der Waals surface area (Å²) in [4.78, 5) is 15.6. The monoisotopic (exact) mass is 192 g/mol. The largest absolute Gasteiger partial charge is 0.311 e. The lowest BCUT2D eigenvalue weighted by molar-refractivity contribution is -0.116. The van der Waals surface area contributed by atoms with E-state index in [1.807, 2.05) is 32.9 Å². The third-order valence-corrected chi connectivity index (χ3v) is 1.75. The van der Waals surface area contributed by atoms with Crippen LogP contribution in [0.5, 0.6) is 0 Å². The maximum absolute atomic E-state index is 11.4. The molecule has 0 fully saturated rings. The lowest BCUT2D eigenvalue weighted by atomic mass is 10.1. The molecule has 1 aromatic rings. The molecule has 0 saturated carbocycles. The zero-order valence-electron chi connectivity index (χ0n) is 8.87. The summed E-state index contributed by atoms with van der Waals surface area (Å²) in [5.74, 6) is 1.04. The number of nitrogens with one attached hydrogen (secondary N) is 1. The van der Waals surface area contributed by atoms with Crippen molar-refractivity contribution in [1.29, 1.82) is 0 Å². The van der Waals surface area contributed by atoms with E-state index in [0.717, 1.165) is 5.69 Å². The predicted octanol–water partition coefficient (Wildman–Crippen LogP) is 2.37. The number of hydrogen-bond acceptors (Lipinski definition) is 2. The summed E-state index contributed by atoms with van der Waals surface area (Å²) in [5.41, 5.74) is 0.910. The van der Waals surface area contributed by atoms with E-state index in [4.69, 9.17) is 0 Å². The highest BCUT2D eigenvalue weighted by atomic mass is 16.1. The molecule has 0 radical (unpaired) electrons. The first-order chi connectivity index (χ1) is 6.58. The summed E-state index contributed by atoms with van der Waals surface area (Å²) in [6.07, 6.45) is 0.537. The fourth-order valence-corrected chi connectivity index (χ4v) is 1.18. The van der Waals surface area contributed by atoms with Crippen LogP contribution in [0.25, 0.3) is 0 Å². The van der Waals surface area contributed by atoms with E-state index in [2.05, 4.69) is 10.3 Å². The van der Waals surface area contributed by atoms with Gasteiger partial charge in [0.25, 0.3) is 0 Å². The molecule has 0 spiro atoms. The van der Waals surface area contributed by atoms with Gasteiger partial charge in [0.15, 0.2) is 0 Å². The Bertz CT molecular complexity index is 321. The summed E-state index contributed by atoms with van der Waals surface area (Å²) in [6, 6.07) is 5.58. The first-order valence-electron chi connectivity index (χ1n) is 4.81. The van der Waals surface area contributed by atoms with Crippen LogP contribution in [0.2, 0.25) is 0 Å². The number of hydrogen-bond donors (Lipinski definition) is 1. The van der Waals surface area contributed by atoms with Gasteiger partial charge < -0.3 is 5.32 Å². The van der Waals surface area contributed by atoms with Crippen LogP contribution >= 0.6 is 0 Å². The molecule has 1 heterocycles. The van der Waals surface area contributed by atoms with Gasteiger partial charge in [0.1, 0.15) is 5.82 Å². The second kappa shape index (κ2) is 4.74. The Hall–Kier alpha value is -1.38. The molecule has 0 unspecified atom stereocenters. The van der Waals surface area contributed by atoms with Crippen LogP contribution in [0.3, 0.4) is 0 Å². The molecule has 1 rings (SSSR count). The fourth-order valence-electron chi connectivity index (χ4n) is 1.18. The molecule has 0 aliphatic heterocycles. The molecule has 0 saturated heterocycles. The van der Waals surface area contributed by atoms with Gasteiger partial charge in [0.2, 0.25) is 5.91 Å². The van der Waals surface area contributed by atoms with E-state index < -0.39 is 0 Å². The third-order valence-electron chi connectivity index (χ3n) is 1.75. The van der Waals surface area contributed by atoms with Gasteiger partial charge in [0, 0.05) is 12.1 Å². The molecular formula is C11H16N2O. The number of nitrogens with zero attached hydrogens (tertiary/aromatic N) is 1. The average Bonchev–Trinajstić information content (AvgIpc) is 2.01. The van der Waals surface area contributed by atoms with Crippen LogP contribution in [-0.4, -0.2) is 10.9 Å². The minimum atomic E-state index is 0.0260. The summed E-state index contributed by atoms with van der Waals surface area (Å²) in [7, 11) is 0. The van der Waals surface area contributed by atoms with Gasteiger partial charge in [-0.3, -0.25) is 4.79 Å². The van der Waals surface area contributed by atoms with Crippen LogP contribution < -0.4 is 5.32 Å². The van der Waals surface area contributed by atoms with Gasteiger partial charge in [-0.05, 0) is 25.0 Å². The number of carbonyl (C=O) groups excluding carboxylic acids is 1. The number of pyridine rings is 1. The molecule has 14 heavy (non-hydrogen) atoms. The number of aromatic nitrogens is 1. The predicted molar refractivity (Wildman–Crippen MR) is 57.1 cm³/mol. The van der Waals surface area contributed by atoms with Crippen molar-refractivity contribution in [2.24, 2.45) is 5.92 Å². The van der Waals surface area contributed by atoms with E-state index in [9.17, 15) is 4.79 Å². The van der Waals surface area contributed by atoms with Crippen molar-refractivity contribution < 1.29 is 4.79 Å². The quantitative estimate of drug-likeness (QED) is 0.798. The highest BCUT2D eigenvalue weighted by Crippen LogP contribution is 2.06. The van der Waals surface area contributed by atoms with Crippen LogP contribution in [0.4, 0.5) is 5.82 Å². The Labute approximate surface area is 84.6 Å². The molecule has 0 aromatic carbocycles. The minimum Gasteiger partial charge on any atom is -0.311 e. The zero-order chi connectivity index (χ0) is 10.6. The number of anilines is 1. The van der Waals surface area contributed by atoms with Crippen LogP contribution in [0.1, 0.15) is 26.0 Å². The van der Waals surface area contributed by atoms with E-state index in [1.165, 1.54) is 0 Å². The number of amides is 1. The summed E-state index contributed by atoms with van der Waals surface area (Å²) in [6.45, 7) is 5.94. The lowest BCUT2D eigenvalue weighted by Crippen LogP contribution is -2.14. The Balaban J connectivity index is 2.56. The summed E-state index contributed by atoms with van der Waals surface area (Å²) >= 11 is 0. The van der Waals surface area contributed by atoms with Crippen molar-refractivity contribution >= 4 is 11.7 Å². The van der Waals surface area contributed by atoms with Crippen molar-refractivity contribution in [2.75, 3.05) is 5.32 Å². The van der Waals surface area contributed by atoms with Crippen molar-refractivity contribution in [3.8, 4) is 0 Å². The van der Waals surface area contributed by atoms with E-state index in [1.54, 1.807) is 6.07 Å². The minimum absolute atomic E-state index is 0.0260. The van der Waals surface area contributed by atoms with Crippen LogP contribution in [0, 0.1) is 12.8 Å². The molecule has 1 N–H and O–H groups in total. The first-order valence-corrected chi connectivity index (χ1v) is 4.81. The Morgan fingerprint density at radius 1 is 1.50 bits per heavy atom. The van der Waals surface area contributed by atoms with Gasteiger partial charge >= 0.3 is 0 Å². The highest BCUT2D eigenvalue weighted by Gasteiger charge is 2.05. The van der Waals surface area contributed by atoms with Gasteiger partial charge in [-0.25, -0.2) is 4.98 Å². The SMILES string of the molecule is Cc1cccc(NC(=O)CC(C)C)n1. The Kier molecular flexibility index (Phi) is 3.63. The number of rotatable bonds is 3. The molecule has 0 bridgehead atoms. The fraction of sp³-hybridized carbons (Fsp3) is 0.455. The smallest absolute Gasteiger partial charge is 0.225 e. The van der Waals surface area contributed by atoms with Gasteiger partial charge in [-0.1, -0.05) is 19.9 Å². The molecule has 1 aromatic heterocycles. The maximum Gasteiger partial charge on any atom is 0.225 e. The molecule has 1 amide bonds. The second-order valence-electron chi connectivity index (χ2n) is 3.81. The third kappa shape index (κ3) is 3.56. The van der Waals surface area contributed by atoms with E-state index in [0.29, 0.717) is 18.2 Å². The lowest BCUT2D eigenvalue weighted by Gasteiger charge is -2.06. The van der Waals surface area contributed by atoms with Gasteiger partial charge in [-0.2, -0.15) is 0 Å². The first kappa shape index (κ1) is 10.7. The summed E-state index contributed by atoms with van der Waals surface area (Å²) < 4.78 is 0. The van der Waals surface area contributed by atoms with Crippen molar-refractivity contribution in [3.63, 3.8) is 0 Å². The van der Waals surface area contributed by atoms with Gasteiger partial charge in [0.05, 0.1) is 0 Å². The number of aryl methyl sites for hydroxylation is 1. The standard InChI is InChI=1S/C11H16N2O/c1-8(2)7-11(14)13-10-6-4-5-9(3)12-10/h4-6,8H,7H2,1-3H3,(H,12,13,14). The number of carbonyl (C=O) groups is 1. The molecule has 0 atom stereocenters. The zero-order valence-corrected chi connectivity index (χ0v) is 8.87. The van der Waals surface area contributed by atoms with Crippen LogP contribution in [0.15, 0.2) is 18.2 Å². The average molecular weight is 192 g/mol. The Morgan fingerprint density at radius 2 is 2.21 bits per heavy atom. The van der Waals surface area contributed by atoms with Gasteiger partial charge in [-0.15, -0.1) is 0 Å². The van der Waals surface area contributed by atoms with E-state index in [-0.39, 0.29) is 5.91 Å². The van der Waals surface area contributed by atoms with E-state index >= 15 is 0 Å². The topological polar surface area (TPSA) is 42.0 Å². The summed E-state index contributed by atoms with van der Waals surface area (Å²) in [5, 5.41) is 2.76. The van der Waals surface area contributed by atoms with Crippen molar-refractivity contribution in [3.05, 3.63) is 23.9 Å². The molecule has 0 aliphatic carbocycles. The van der Waals surface area contributed by atoms with Crippen molar-refractivity contribution in [1.82, 2.24) is 4.98 Å². The molecule has 76 valence electrons. The normalized spacial score (nSPS) is 10.3. The molecule has 3 heteroatoms. The molecule has 3 nitrogen and oxygen atoms in total.